The van der Waals surface area contributed by atoms with Crippen molar-refractivity contribution in [3.63, 3.8) is 0 Å². The number of nitrogens with zero attached hydrogens (tertiary/aromatic N) is 1. The Hall–Kier alpha value is -1.60. The molecule has 1 aromatic carbocycles. The first kappa shape index (κ1) is 19.7. The van der Waals surface area contributed by atoms with Crippen LogP contribution in [0.3, 0.4) is 0 Å². The Morgan fingerprint density at radius 2 is 1.86 bits per heavy atom. The third kappa shape index (κ3) is 4.35. The number of hydrogen-bond donors (Lipinski definition) is 1. The third-order valence-corrected chi connectivity index (χ3v) is 6.14. The number of benzene rings is 1. The highest BCUT2D eigenvalue weighted by atomic mass is 19.4. The lowest BCUT2D eigenvalue weighted by atomic mass is 9.96. The number of carbonyl (C=O) groups excluding carboxylic acids is 1. The van der Waals surface area contributed by atoms with Gasteiger partial charge < -0.3 is 10.1 Å². The molecule has 2 aliphatic heterocycles. The van der Waals surface area contributed by atoms with E-state index in [9.17, 15) is 18.0 Å². The van der Waals surface area contributed by atoms with Gasteiger partial charge in [0, 0.05) is 18.2 Å². The smallest absolute Gasteiger partial charge is 0.379 e. The lowest BCUT2D eigenvalue weighted by Gasteiger charge is -2.41. The molecule has 3 fully saturated rings. The van der Waals surface area contributed by atoms with Crippen LogP contribution in [0, 0.1) is 0 Å². The van der Waals surface area contributed by atoms with Crippen LogP contribution in [0.1, 0.15) is 65.9 Å². The number of ether oxygens (including phenoxy) is 1. The molecule has 3 aliphatic rings. The van der Waals surface area contributed by atoms with Crippen LogP contribution in [0.5, 0.6) is 0 Å². The van der Waals surface area contributed by atoms with E-state index in [0.29, 0.717) is 24.3 Å². The molecule has 1 amide bonds. The van der Waals surface area contributed by atoms with Gasteiger partial charge in [-0.15, -0.1) is 0 Å². The summed E-state index contributed by atoms with van der Waals surface area (Å²) in [5.41, 5.74) is 0.218. The maximum absolute atomic E-state index is 13.1. The largest absolute Gasteiger partial charge is 0.416 e. The molecule has 4 nitrogen and oxygen atoms in total. The van der Waals surface area contributed by atoms with Crippen LogP contribution in [0.25, 0.3) is 0 Å². The number of hydrogen-bond acceptors (Lipinski definition) is 3. The molecule has 1 aromatic rings. The summed E-state index contributed by atoms with van der Waals surface area (Å²) >= 11 is 0. The molecule has 0 spiro atoms. The highest BCUT2D eigenvalue weighted by molar-refractivity contribution is 5.96. The van der Waals surface area contributed by atoms with Crippen molar-refractivity contribution in [3.05, 3.63) is 34.9 Å². The lowest BCUT2D eigenvalue weighted by molar-refractivity contribution is -0.137. The molecule has 0 aromatic heterocycles. The van der Waals surface area contributed by atoms with Crippen molar-refractivity contribution in [1.29, 1.82) is 0 Å². The molecular weight excluding hydrogens is 369 g/mol. The van der Waals surface area contributed by atoms with Gasteiger partial charge >= 0.3 is 6.18 Å². The number of halogens is 3. The molecule has 4 rings (SSSR count). The zero-order valence-electron chi connectivity index (χ0n) is 15.9. The summed E-state index contributed by atoms with van der Waals surface area (Å²) in [6.45, 7) is 3.20. The van der Waals surface area contributed by atoms with Crippen LogP contribution in [0.15, 0.2) is 18.2 Å². The van der Waals surface area contributed by atoms with E-state index in [-0.39, 0.29) is 23.9 Å². The minimum Gasteiger partial charge on any atom is -0.379 e. The lowest BCUT2D eigenvalue weighted by Crippen LogP contribution is -2.57. The Morgan fingerprint density at radius 1 is 1.11 bits per heavy atom. The SMILES string of the molecule is O=C(N[C@@H]1COCCC1N1CCCCC1)c1ccc(C(F)(F)F)cc1C1CC1. The molecule has 2 heterocycles. The number of piperidine rings is 1. The minimum atomic E-state index is -4.39. The average molecular weight is 396 g/mol. The van der Waals surface area contributed by atoms with Crippen LogP contribution in [0.2, 0.25) is 0 Å². The highest BCUT2D eigenvalue weighted by Gasteiger charge is 2.37. The zero-order chi connectivity index (χ0) is 19.7. The van der Waals surface area contributed by atoms with Gasteiger partial charge in [0.2, 0.25) is 0 Å². The third-order valence-electron chi connectivity index (χ3n) is 6.14. The monoisotopic (exact) mass is 396 g/mol. The molecule has 0 bridgehead atoms. The van der Waals surface area contributed by atoms with E-state index in [4.69, 9.17) is 4.74 Å². The first-order chi connectivity index (χ1) is 13.4. The van der Waals surface area contributed by atoms with E-state index in [0.717, 1.165) is 44.5 Å². The Morgan fingerprint density at radius 3 is 2.54 bits per heavy atom. The van der Waals surface area contributed by atoms with Gasteiger partial charge in [0.05, 0.1) is 18.2 Å². The molecule has 1 N–H and O–H groups in total. The predicted molar refractivity (Wildman–Crippen MR) is 99.3 cm³/mol. The maximum atomic E-state index is 13.1. The van der Waals surface area contributed by atoms with Crippen molar-refractivity contribution in [2.45, 2.75) is 62.7 Å². The molecule has 2 atom stereocenters. The normalized spacial score (nSPS) is 26.8. The quantitative estimate of drug-likeness (QED) is 0.838. The summed E-state index contributed by atoms with van der Waals surface area (Å²) in [5, 5.41) is 3.08. The predicted octanol–water partition coefficient (Wildman–Crippen LogP) is 3.96. The van der Waals surface area contributed by atoms with Gasteiger partial charge in [0.15, 0.2) is 0 Å². The summed E-state index contributed by atoms with van der Waals surface area (Å²) < 4.78 is 44.9. The zero-order valence-corrected chi connectivity index (χ0v) is 15.9. The first-order valence-corrected chi connectivity index (χ1v) is 10.3. The summed E-state index contributed by atoms with van der Waals surface area (Å²) in [7, 11) is 0. The summed E-state index contributed by atoms with van der Waals surface area (Å²) in [6.07, 6.45) is 1.73. The molecule has 7 heteroatoms. The van der Waals surface area contributed by atoms with Crippen LogP contribution < -0.4 is 5.32 Å². The molecule has 28 heavy (non-hydrogen) atoms. The number of alkyl halides is 3. The number of carbonyl (C=O) groups is 1. The van der Waals surface area contributed by atoms with Crippen LogP contribution in [0.4, 0.5) is 13.2 Å². The fraction of sp³-hybridized carbons (Fsp3) is 0.667. The second kappa shape index (κ2) is 8.03. The molecule has 0 radical (unpaired) electrons. The number of likely N-dealkylation sites (tertiary alicyclic amines) is 1. The molecule has 1 unspecified atom stereocenters. The van der Waals surface area contributed by atoms with Crippen molar-refractivity contribution in [3.8, 4) is 0 Å². The van der Waals surface area contributed by atoms with E-state index in [1.165, 1.54) is 25.3 Å². The Balaban J connectivity index is 1.52. The van der Waals surface area contributed by atoms with Gasteiger partial charge in [0.1, 0.15) is 0 Å². The van der Waals surface area contributed by atoms with E-state index < -0.39 is 11.7 Å². The van der Waals surface area contributed by atoms with Crippen LogP contribution in [-0.4, -0.2) is 49.2 Å². The van der Waals surface area contributed by atoms with Crippen molar-refractivity contribution in [2.75, 3.05) is 26.3 Å². The van der Waals surface area contributed by atoms with Gasteiger partial charge in [-0.1, -0.05) is 6.42 Å². The van der Waals surface area contributed by atoms with Gasteiger partial charge in [-0.25, -0.2) is 0 Å². The average Bonchev–Trinajstić information content (AvgIpc) is 3.53. The standard InChI is InChI=1S/C21H27F3N2O2/c22-21(23,24)15-6-7-16(17(12-15)14-4-5-14)20(27)25-18-13-28-11-8-19(18)26-9-2-1-3-10-26/h6-7,12,14,18-19H,1-5,8-11,13H2,(H,25,27)/t18-,19?/m1/s1. The number of amides is 1. The van der Waals surface area contributed by atoms with Gasteiger partial charge in [-0.2, -0.15) is 13.2 Å². The van der Waals surface area contributed by atoms with Gasteiger partial charge in [-0.3, -0.25) is 9.69 Å². The second-order valence-corrected chi connectivity index (χ2v) is 8.18. The van der Waals surface area contributed by atoms with Crippen molar-refractivity contribution in [1.82, 2.24) is 10.2 Å². The fourth-order valence-electron chi connectivity index (χ4n) is 4.48. The minimum absolute atomic E-state index is 0.0588. The topological polar surface area (TPSA) is 41.6 Å². The molecular formula is C21H27F3N2O2. The van der Waals surface area contributed by atoms with E-state index in [1.54, 1.807) is 0 Å². The molecule has 2 saturated heterocycles. The Bertz CT molecular complexity index is 712. The maximum Gasteiger partial charge on any atom is 0.416 e. The van der Waals surface area contributed by atoms with Gasteiger partial charge in [0.25, 0.3) is 5.91 Å². The molecule has 1 saturated carbocycles. The van der Waals surface area contributed by atoms with E-state index in [2.05, 4.69) is 10.2 Å². The number of rotatable bonds is 4. The van der Waals surface area contributed by atoms with Gasteiger partial charge in [-0.05, 0) is 74.9 Å². The van der Waals surface area contributed by atoms with Crippen LogP contribution in [-0.2, 0) is 10.9 Å². The highest BCUT2D eigenvalue weighted by Crippen LogP contribution is 2.43. The van der Waals surface area contributed by atoms with Crippen molar-refractivity contribution < 1.29 is 22.7 Å². The molecule has 154 valence electrons. The summed E-state index contributed by atoms with van der Waals surface area (Å²) in [5.74, 6) is -0.225. The fourth-order valence-corrected chi connectivity index (χ4v) is 4.48. The number of nitrogens with one attached hydrogen (secondary N) is 1. The Kier molecular flexibility index (Phi) is 5.65. The Labute approximate surface area is 163 Å². The van der Waals surface area contributed by atoms with Crippen LogP contribution >= 0.6 is 0 Å². The van der Waals surface area contributed by atoms with Crippen molar-refractivity contribution in [2.24, 2.45) is 0 Å². The molecule has 1 aliphatic carbocycles. The van der Waals surface area contributed by atoms with E-state index >= 15 is 0 Å². The summed E-state index contributed by atoms with van der Waals surface area (Å²) in [6, 6.07) is 3.61. The van der Waals surface area contributed by atoms with E-state index in [1.807, 2.05) is 0 Å². The summed E-state index contributed by atoms with van der Waals surface area (Å²) in [4.78, 5) is 15.4. The van der Waals surface area contributed by atoms with Crippen molar-refractivity contribution >= 4 is 5.91 Å². The second-order valence-electron chi connectivity index (χ2n) is 8.18. The first-order valence-electron chi connectivity index (χ1n) is 10.3.